The van der Waals surface area contributed by atoms with Gasteiger partial charge in [0.15, 0.2) is 5.76 Å². The second kappa shape index (κ2) is 4.96. The molecule has 0 spiro atoms. The number of aromatic nitrogens is 6. The lowest BCUT2D eigenvalue weighted by atomic mass is 10.4. The summed E-state index contributed by atoms with van der Waals surface area (Å²) in [5.74, 6) is 1.56. The molecule has 9 nitrogen and oxygen atoms in total. The SMILES string of the molecule is Cc1cc(CNc2nc(N)nc(-n3ccnc3)n2)on1. The van der Waals surface area contributed by atoms with Crippen LogP contribution in [-0.2, 0) is 6.54 Å². The van der Waals surface area contributed by atoms with Crippen LogP contribution >= 0.6 is 0 Å². The molecule has 0 aliphatic carbocycles. The first-order valence-corrected chi connectivity index (χ1v) is 5.86. The molecule has 0 saturated carbocycles. The summed E-state index contributed by atoms with van der Waals surface area (Å²) in [5.41, 5.74) is 6.48. The first kappa shape index (κ1) is 12.1. The Balaban J connectivity index is 1.79. The van der Waals surface area contributed by atoms with Gasteiger partial charge in [0, 0.05) is 18.5 Å². The molecule has 0 atom stereocenters. The van der Waals surface area contributed by atoms with E-state index in [2.05, 4.69) is 30.4 Å². The van der Waals surface area contributed by atoms with Gasteiger partial charge in [-0.1, -0.05) is 5.16 Å². The quantitative estimate of drug-likeness (QED) is 0.706. The molecule has 0 fully saturated rings. The van der Waals surface area contributed by atoms with Crippen LogP contribution in [0.1, 0.15) is 11.5 Å². The molecule has 0 unspecified atom stereocenters. The molecule has 0 aliphatic rings. The maximum absolute atomic E-state index is 5.67. The molecule has 0 amide bonds. The Morgan fingerprint density at radius 1 is 1.35 bits per heavy atom. The largest absolute Gasteiger partial charge is 0.368 e. The number of nitrogens with one attached hydrogen (secondary N) is 1. The Morgan fingerprint density at radius 3 is 2.95 bits per heavy atom. The molecule has 3 aromatic heterocycles. The molecular formula is C11H12N8O. The van der Waals surface area contributed by atoms with Crippen molar-refractivity contribution in [1.29, 1.82) is 0 Å². The van der Waals surface area contributed by atoms with E-state index in [-0.39, 0.29) is 5.95 Å². The van der Waals surface area contributed by atoms with Crippen molar-refractivity contribution in [2.45, 2.75) is 13.5 Å². The molecule has 0 bridgehead atoms. The zero-order chi connectivity index (χ0) is 13.9. The molecule has 20 heavy (non-hydrogen) atoms. The zero-order valence-electron chi connectivity index (χ0n) is 10.7. The third kappa shape index (κ3) is 2.55. The van der Waals surface area contributed by atoms with Gasteiger partial charge in [0.2, 0.25) is 17.8 Å². The molecule has 3 heterocycles. The van der Waals surface area contributed by atoms with Crippen LogP contribution in [0.15, 0.2) is 29.3 Å². The molecule has 3 rings (SSSR count). The van der Waals surface area contributed by atoms with Crippen LogP contribution in [0.25, 0.3) is 5.95 Å². The van der Waals surface area contributed by atoms with E-state index in [1.54, 1.807) is 23.3 Å². The highest BCUT2D eigenvalue weighted by atomic mass is 16.5. The topological polar surface area (TPSA) is 121 Å². The zero-order valence-corrected chi connectivity index (χ0v) is 10.7. The summed E-state index contributed by atoms with van der Waals surface area (Å²) in [7, 11) is 0. The molecule has 0 saturated heterocycles. The normalized spacial score (nSPS) is 10.7. The smallest absolute Gasteiger partial charge is 0.241 e. The number of hydrogen-bond acceptors (Lipinski definition) is 8. The molecular weight excluding hydrogens is 260 g/mol. The van der Waals surface area contributed by atoms with Crippen molar-refractivity contribution in [3.05, 3.63) is 36.2 Å². The summed E-state index contributed by atoms with van der Waals surface area (Å²) in [6.07, 6.45) is 4.93. The average Bonchev–Trinajstić information content (AvgIpc) is 3.07. The number of anilines is 2. The number of aryl methyl sites for hydroxylation is 1. The predicted octanol–water partition coefficient (Wildman–Crippen LogP) is 0.548. The number of nitrogens with zero attached hydrogens (tertiary/aromatic N) is 6. The standard InChI is InChI=1S/C11H12N8O/c1-7-4-8(20-18-7)5-14-10-15-9(12)16-11(17-10)19-3-2-13-6-19/h2-4,6H,5H2,1H3,(H3,12,14,15,16,17). The van der Waals surface area contributed by atoms with Gasteiger partial charge in [-0.05, 0) is 6.92 Å². The minimum Gasteiger partial charge on any atom is -0.368 e. The van der Waals surface area contributed by atoms with Crippen LogP contribution in [0.3, 0.4) is 0 Å². The molecule has 0 radical (unpaired) electrons. The van der Waals surface area contributed by atoms with Crippen LogP contribution in [0.4, 0.5) is 11.9 Å². The molecule has 3 aromatic rings. The molecule has 9 heteroatoms. The van der Waals surface area contributed by atoms with Gasteiger partial charge in [0.1, 0.15) is 6.33 Å². The monoisotopic (exact) mass is 272 g/mol. The highest BCUT2D eigenvalue weighted by Gasteiger charge is 2.07. The van der Waals surface area contributed by atoms with E-state index in [0.29, 0.717) is 24.2 Å². The van der Waals surface area contributed by atoms with Crippen LogP contribution in [0.2, 0.25) is 0 Å². The number of imidazole rings is 1. The summed E-state index contributed by atoms with van der Waals surface area (Å²) < 4.78 is 6.73. The minimum absolute atomic E-state index is 0.125. The summed E-state index contributed by atoms with van der Waals surface area (Å²) >= 11 is 0. The van der Waals surface area contributed by atoms with Crippen molar-refractivity contribution < 1.29 is 4.52 Å². The summed E-state index contributed by atoms with van der Waals surface area (Å²) in [6, 6.07) is 1.83. The second-order valence-electron chi connectivity index (χ2n) is 4.08. The van der Waals surface area contributed by atoms with Gasteiger partial charge in [-0.3, -0.25) is 4.57 Å². The summed E-state index contributed by atoms with van der Waals surface area (Å²) in [4.78, 5) is 16.2. The fourth-order valence-corrected chi connectivity index (χ4v) is 1.62. The van der Waals surface area contributed by atoms with E-state index >= 15 is 0 Å². The van der Waals surface area contributed by atoms with Gasteiger partial charge in [0.25, 0.3) is 0 Å². The van der Waals surface area contributed by atoms with Crippen LogP contribution < -0.4 is 11.1 Å². The van der Waals surface area contributed by atoms with E-state index in [9.17, 15) is 0 Å². The summed E-state index contributed by atoms with van der Waals surface area (Å²) in [5, 5.41) is 6.81. The van der Waals surface area contributed by atoms with Crippen molar-refractivity contribution in [3.63, 3.8) is 0 Å². The van der Waals surface area contributed by atoms with Crippen LogP contribution in [-0.4, -0.2) is 29.7 Å². The lowest BCUT2D eigenvalue weighted by molar-refractivity contribution is 0.384. The van der Waals surface area contributed by atoms with Crippen molar-refractivity contribution in [2.75, 3.05) is 11.1 Å². The van der Waals surface area contributed by atoms with E-state index in [4.69, 9.17) is 10.3 Å². The van der Waals surface area contributed by atoms with Gasteiger partial charge >= 0.3 is 0 Å². The molecule has 3 N–H and O–H groups in total. The number of nitrogen functional groups attached to an aromatic ring is 1. The average molecular weight is 272 g/mol. The van der Waals surface area contributed by atoms with E-state index < -0.39 is 0 Å². The van der Waals surface area contributed by atoms with E-state index in [1.165, 1.54) is 0 Å². The minimum atomic E-state index is 0.125. The Labute approximate surface area is 113 Å². The number of hydrogen-bond donors (Lipinski definition) is 2. The lowest BCUT2D eigenvalue weighted by Gasteiger charge is -2.05. The number of rotatable bonds is 4. The van der Waals surface area contributed by atoms with Crippen LogP contribution in [0, 0.1) is 6.92 Å². The maximum Gasteiger partial charge on any atom is 0.241 e. The van der Waals surface area contributed by atoms with Crippen LogP contribution in [0.5, 0.6) is 0 Å². The van der Waals surface area contributed by atoms with Crippen molar-refractivity contribution in [3.8, 4) is 5.95 Å². The second-order valence-corrected chi connectivity index (χ2v) is 4.08. The first-order chi connectivity index (χ1) is 9.70. The third-order valence-electron chi connectivity index (χ3n) is 2.47. The third-order valence-corrected chi connectivity index (χ3v) is 2.47. The Morgan fingerprint density at radius 2 is 2.25 bits per heavy atom. The molecule has 102 valence electrons. The Bertz CT molecular complexity index is 705. The van der Waals surface area contributed by atoms with Gasteiger partial charge in [0.05, 0.1) is 12.2 Å². The van der Waals surface area contributed by atoms with Crippen molar-refractivity contribution in [1.82, 2.24) is 29.7 Å². The summed E-state index contributed by atoms with van der Waals surface area (Å²) in [6.45, 7) is 2.26. The highest BCUT2D eigenvalue weighted by molar-refractivity contribution is 5.35. The predicted molar refractivity (Wildman–Crippen MR) is 69.9 cm³/mol. The van der Waals surface area contributed by atoms with Crippen molar-refractivity contribution >= 4 is 11.9 Å². The van der Waals surface area contributed by atoms with Gasteiger partial charge in [-0.15, -0.1) is 0 Å². The fraction of sp³-hybridized carbons (Fsp3) is 0.182. The molecule has 0 aromatic carbocycles. The van der Waals surface area contributed by atoms with E-state index in [0.717, 1.165) is 5.69 Å². The van der Waals surface area contributed by atoms with E-state index in [1.807, 2.05) is 13.0 Å². The van der Waals surface area contributed by atoms with Gasteiger partial charge in [-0.25, -0.2) is 4.98 Å². The van der Waals surface area contributed by atoms with Gasteiger partial charge < -0.3 is 15.6 Å². The van der Waals surface area contributed by atoms with Crippen molar-refractivity contribution in [2.24, 2.45) is 0 Å². The Hall–Kier alpha value is -2.97. The number of nitrogens with two attached hydrogens (primary N) is 1. The lowest BCUT2D eigenvalue weighted by Crippen LogP contribution is -2.10. The Kier molecular flexibility index (Phi) is 2.99. The highest BCUT2D eigenvalue weighted by Crippen LogP contribution is 2.09. The van der Waals surface area contributed by atoms with Gasteiger partial charge in [-0.2, -0.15) is 15.0 Å². The molecule has 0 aliphatic heterocycles. The first-order valence-electron chi connectivity index (χ1n) is 5.86. The fourth-order valence-electron chi connectivity index (χ4n) is 1.62. The maximum atomic E-state index is 5.67.